The van der Waals surface area contributed by atoms with E-state index in [-0.39, 0.29) is 5.69 Å². The quantitative estimate of drug-likeness (QED) is 0.542. The highest BCUT2D eigenvalue weighted by Gasteiger charge is 2.12. The molecule has 0 fully saturated rings. The average molecular weight is 307 g/mol. The molecule has 0 N–H and O–H groups in total. The van der Waals surface area contributed by atoms with Gasteiger partial charge in [0.1, 0.15) is 5.75 Å². The highest BCUT2D eigenvalue weighted by Crippen LogP contribution is 2.30. The lowest BCUT2D eigenvalue weighted by Crippen LogP contribution is -1.93. The minimum Gasteiger partial charge on any atom is -0.497 e. The Morgan fingerprint density at radius 3 is 1.78 bits per heavy atom. The van der Waals surface area contributed by atoms with Gasteiger partial charge in [0.2, 0.25) is 0 Å². The first-order chi connectivity index (χ1) is 11.2. The maximum Gasteiger partial charge on any atom is 0.269 e. The van der Waals surface area contributed by atoms with Crippen molar-refractivity contribution in [3.63, 3.8) is 0 Å². The van der Waals surface area contributed by atoms with Crippen LogP contribution in [0.2, 0.25) is 0 Å². The lowest BCUT2D eigenvalue weighted by Gasteiger charge is -2.08. The smallest absolute Gasteiger partial charge is 0.269 e. The summed E-state index contributed by atoms with van der Waals surface area (Å²) in [4.78, 5) is 19.1. The minimum absolute atomic E-state index is 0.0450. The van der Waals surface area contributed by atoms with Gasteiger partial charge in [0.05, 0.1) is 23.4 Å². The summed E-state index contributed by atoms with van der Waals surface area (Å²) in [5.41, 5.74) is 3.10. The van der Waals surface area contributed by atoms with E-state index in [0.29, 0.717) is 11.4 Å². The summed E-state index contributed by atoms with van der Waals surface area (Å²) in [5.74, 6) is 0.759. The summed E-state index contributed by atoms with van der Waals surface area (Å²) in [5, 5.41) is 10.8. The first-order valence-electron chi connectivity index (χ1n) is 6.89. The molecule has 1 aromatic heterocycles. The minimum atomic E-state index is -0.426. The molecule has 3 aromatic rings. The Balaban J connectivity index is 2.04. The number of nitro groups is 1. The number of hydrogen-bond acceptors (Lipinski definition) is 5. The largest absolute Gasteiger partial charge is 0.497 e. The number of non-ortho nitro benzene ring substituents is 1. The molecule has 0 amide bonds. The molecule has 1 heterocycles. The van der Waals surface area contributed by atoms with Crippen molar-refractivity contribution in [2.75, 3.05) is 7.11 Å². The van der Waals surface area contributed by atoms with Crippen LogP contribution in [-0.2, 0) is 0 Å². The van der Waals surface area contributed by atoms with Crippen LogP contribution >= 0.6 is 0 Å². The number of rotatable bonds is 4. The van der Waals surface area contributed by atoms with E-state index in [0.717, 1.165) is 16.9 Å². The zero-order valence-corrected chi connectivity index (χ0v) is 12.3. The van der Waals surface area contributed by atoms with Gasteiger partial charge >= 0.3 is 0 Å². The number of ether oxygens (including phenoxy) is 1. The fraction of sp³-hybridized carbons (Fsp3) is 0.0588. The predicted molar refractivity (Wildman–Crippen MR) is 86.1 cm³/mol. The van der Waals surface area contributed by atoms with E-state index in [1.807, 2.05) is 24.3 Å². The van der Waals surface area contributed by atoms with Gasteiger partial charge in [-0.3, -0.25) is 20.1 Å². The molecule has 0 saturated carbocycles. The molecule has 0 bridgehead atoms. The lowest BCUT2D eigenvalue weighted by atomic mass is 10.0. The number of benzene rings is 2. The van der Waals surface area contributed by atoms with Gasteiger partial charge in [-0.05, 0) is 36.4 Å². The molecular weight excluding hydrogens is 294 g/mol. The fourth-order valence-corrected chi connectivity index (χ4v) is 2.25. The monoisotopic (exact) mass is 307 g/mol. The lowest BCUT2D eigenvalue weighted by molar-refractivity contribution is -0.384. The second-order valence-corrected chi connectivity index (χ2v) is 4.79. The van der Waals surface area contributed by atoms with E-state index in [1.54, 1.807) is 31.6 Å². The standard InChI is InChI=1S/C17H13N3O3/c1-23-15-8-4-13(5-9-15)17-16(18-10-11-19-17)12-2-6-14(7-3-12)20(21)22/h2-11H,1H3. The number of methoxy groups -OCH3 is 1. The molecule has 0 spiro atoms. The van der Waals surface area contributed by atoms with E-state index in [4.69, 9.17) is 4.74 Å². The van der Waals surface area contributed by atoms with E-state index in [1.165, 1.54) is 12.1 Å². The highest BCUT2D eigenvalue weighted by molar-refractivity contribution is 5.78. The molecule has 0 aliphatic carbocycles. The summed E-state index contributed by atoms with van der Waals surface area (Å²) in [6, 6.07) is 13.8. The van der Waals surface area contributed by atoms with E-state index in [9.17, 15) is 10.1 Å². The van der Waals surface area contributed by atoms with Crippen molar-refractivity contribution < 1.29 is 9.66 Å². The first-order valence-corrected chi connectivity index (χ1v) is 6.89. The molecule has 0 aliphatic heterocycles. The summed E-state index contributed by atoms with van der Waals surface area (Å²) in [6.45, 7) is 0. The number of aromatic nitrogens is 2. The average Bonchev–Trinajstić information content (AvgIpc) is 2.62. The van der Waals surface area contributed by atoms with Gasteiger partial charge < -0.3 is 4.74 Å². The van der Waals surface area contributed by atoms with Crippen molar-refractivity contribution in [1.82, 2.24) is 9.97 Å². The van der Waals surface area contributed by atoms with Crippen LogP contribution in [0.5, 0.6) is 5.75 Å². The maximum atomic E-state index is 10.8. The van der Waals surface area contributed by atoms with Gasteiger partial charge in [-0.1, -0.05) is 0 Å². The Morgan fingerprint density at radius 2 is 1.35 bits per heavy atom. The van der Waals surface area contributed by atoms with Crippen LogP contribution in [0.1, 0.15) is 0 Å². The number of nitro benzene ring substituents is 1. The SMILES string of the molecule is COc1ccc(-c2nccnc2-c2ccc([N+](=O)[O-])cc2)cc1. The molecule has 0 radical (unpaired) electrons. The highest BCUT2D eigenvalue weighted by atomic mass is 16.6. The third kappa shape index (κ3) is 3.01. The molecular formula is C17H13N3O3. The first kappa shape index (κ1) is 14.6. The molecule has 23 heavy (non-hydrogen) atoms. The van der Waals surface area contributed by atoms with Gasteiger partial charge in [-0.15, -0.1) is 0 Å². The summed E-state index contributed by atoms with van der Waals surface area (Å²) in [7, 11) is 1.61. The second kappa shape index (κ2) is 6.23. The number of hydrogen-bond donors (Lipinski definition) is 0. The molecule has 3 rings (SSSR count). The molecule has 0 saturated heterocycles. The maximum absolute atomic E-state index is 10.8. The van der Waals surface area contributed by atoms with Gasteiger partial charge in [0.15, 0.2) is 0 Å². The van der Waals surface area contributed by atoms with Crippen molar-refractivity contribution in [3.05, 3.63) is 71.0 Å². The van der Waals surface area contributed by atoms with Crippen LogP contribution < -0.4 is 4.74 Å². The van der Waals surface area contributed by atoms with Crippen LogP contribution in [0.25, 0.3) is 22.5 Å². The Kier molecular flexibility index (Phi) is 3.97. The summed E-state index contributed by atoms with van der Waals surface area (Å²) in [6.07, 6.45) is 3.22. The normalized spacial score (nSPS) is 10.3. The third-order valence-electron chi connectivity index (χ3n) is 3.41. The van der Waals surface area contributed by atoms with Crippen LogP contribution in [0.15, 0.2) is 60.9 Å². The van der Waals surface area contributed by atoms with E-state index in [2.05, 4.69) is 9.97 Å². The van der Waals surface area contributed by atoms with Crippen molar-refractivity contribution in [2.45, 2.75) is 0 Å². The van der Waals surface area contributed by atoms with Gasteiger partial charge in [-0.2, -0.15) is 0 Å². The topological polar surface area (TPSA) is 78.2 Å². The zero-order chi connectivity index (χ0) is 16.2. The molecule has 2 aromatic carbocycles. The van der Waals surface area contributed by atoms with E-state index < -0.39 is 4.92 Å². The predicted octanol–water partition coefficient (Wildman–Crippen LogP) is 3.73. The Hall–Kier alpha value is -3.28. The van der Waals surface area contributed by atoms with Crippen LogP contribution in [0.4, 0.5) is 5.69 Å². The van der Waals surface area contributed by atoms with Crippen molar-refractivity contribution in [2.24, 2.45) is 0 Å². The van der Waals surface area contributed by atoms with Crippen molar-refractivity contribution in [3.8, 4) is 28.3 Å². The Morgan fingerprint density at radius 1 is 0.870 bits per heavy atom. The van der Waals surface area contributed by atoms with Gasteiger partial charge in [0, 0.05) is 35.7 Å². The zero-order valence-electron chi connectivity index (χ0n) is 12.3. The molecule has 0 unspecified atom stereocenters. The Bertz CT molecular complexity index is 830. The van der Waals surface area contributed by atoms with Crippen molar-refractivity contribution in [1.29, 1.82) is 0 Å². The second-order valence-electron chi connectivity index (χ2n) is 4.79. The molecule has 114 valence electrons. The molecule has 6 nitrogen and oxygen atoms in total. The molecule has 0 atom stereocenters. The fourth-order valence-electron chi connectivity index (χ4n) is 2.25. The van der Waals surface area contributed by atoms with Crippen LogP contribution in [0, 0.1) is 10.1 Å². The summed E-state index contributed by atoms with van der Waals surface area (Å²) >= 11 is 0. The molecule has 0 aliphatic rings. The summed E-state index contributed by atoms with van der Waals surface area (Å²) < 4.78 is 5.16. The third-order valence-corrected chi connectivity index (χ3v) is 3.41. The van der Waals surface area contributed by atoms with Crippen LogP contribution in [-0.4, -0.2) is 22.0 Å². The molecule has 6 heteroatoms. The number of nitrogens with zero attached hydrogens (tertiary/aromatic N) is 3. The Labute approximate surface area is 132 Å². The van der Waals surface area contributed by atoms with Crippen LogP contribution in [0.3, 0.4) is 0 Å². The van der Waals surface area contributed by atoms with Gasteiger partial charge in [-0.25, -0.2) is 0 Å². The van der Waals surface area contributed by atoms with Crippen molar-refractivity contribution >= 4 is 5.69 Å². The van der Waals surface area contributed by atoms with E-state index >= 15 is 0 Å². The van der Waals surface area contributed by atoms with Gasteiger partial charge in [0.25, 0.3) is 5.69 Å².